The molecular weight excluding hydrogens is 400 g/mol. The predicted molar refractivity (Wildman–Crippen MR) is 115 cm³/mol. The molecule has 1 N–H and O–H groups in total. The van der Waals surface area contributed by atoms with Gasteiger partial charge in [-0.1, -0.05) is 36.0 Å². The first-order chi connectivity index (χ1) is 14.6. The van der Waals surface area contributed by atoms with Crippen molar-refractivity contribution in [2.45, 2.75) is 25.0 Å². The standard InChI is InChI=1S/C22H20N4O3S/c1-13-9-20-24-25-22(26(20)17-6-4-3-5-16(13)17)30-11-21(27)23-14(2)15-7-8-18-19(10-15)29-12-28-18/h3-10,14H,11-12H2,1-2H3,(H,23,27)/t14-/m1/s1. The van der Waals surface area contributed by atoms with Crippen LogP contribution in [0.25, 0.3) is 16.6 Å². The quantitative estimate of drug-likeness (QED) is 0.494. The van der Waals surface area contributed by atoms with Gasteiger partial charge in [0.1, 0.15) is 0 Å². The number of hydrogen-bond acceptors (Lipinski definition) is 6. The normalized spacial score (nSPS) is 13.7. The van der Waals surface area contributed by atoms with Crippen molar-refractivity contribution >= 4 is 34.2 Å². The van der Waals surface area contributed by atoms with Gasteiger partial charge in [-0.15, -0.1) is 10.2 Å². The summed E-state index contributed by atoms with van der Waals surface area (Å²) in [5.74, 6) is 1.62. The first-order valence-corrected chi connectivity index (χ1v) is 10.6. The fourth-order valence-electron chi connectivity index (χ4n) is 3.65. The minimum atomic E-state index is -0.147. The van der Waals surface area contributed by atoms with Crippen LogP contribution in [0, 0.1) is 6.92 Å². The molecule has 2 aromatic carbocycles. The van der Waals surface area contributed by atoms with Gasteiger partial charge >= 0.3 is 0 Å². The number of aryl methyl sites for hydroxylation is 1. The number of nitrogens with zero attached hydrogens (tertiary/aromatic N) is 3. The molecule has 7 nitrogen and oxygen atoms in total. The summed E-state index contributed by atoms with van der Waals surface area (Å²) in [6, 6.07) is 15.7. The van der Waals surface area contributed by atoms with E-state index in [0.717, 1.165) is 33.4 Å². The van der Waals surface area contributed by atoms with Crippen LogP contribution in [0.1, 0.15) is 24.1 Å². The van der Waals surface area contributed by atoms with Crippen molar-refractivity contribution < 1.29 is 14.3 Å². The highest BCUT2D eigenvalue weighted by Gasteiger charge is 2.18. The zero-order valence-electron chi connectivity index (χ0n) is 16.6. The Hall–Kier alpha value is -3.26. The fraction of sp³-hybridized carbons (Fsp3) is 0.227. The molecule has 0 unspecified atom stereocenters. The molecule has 0 saturated heterocycles. The van der Waals surface area contributed by atoms with Gasteiger partial charge in [0.15, 0.2) is 22.3 Å². The van der Waals surface area contributed by atoms with Crippen molar-refractivity contribution in [2.24, 2.45) is 0 Å². The van der Waals surface area contributed by atoms with Gasteiger partial charge in [-0.3, -0.25) is 9.20 Å². The Labute approximate surface area is 177 Å². The van der Waals surface area contributed by atoms with Crippen molar-refractivity contribution in [1.29, 1.82) is 0 Å². The molecule has 8 heteroatoms. The number of carbonyl (C=O) groups excluding carboxylic acids is 1. The minimum absolute atomic E-state index is 0.0710. The summed E-state index contributed by atoms with van der Waals surface area (Å²) < 4.78 is 12.8. The van der Waals surface area contributed by atoms with E-state index in [0.29, 0.717) is 10.9 Å². The van der Waals surface area contributed by atoms with E-state index in [1.165, 1.54) is 11.8 Å². The lowest BCUT2D eigenvalue weighted by Crippen LogP contribution is -2.28. The molecule has 4 aromatic rings. The molecule has 1 aliphatic heterocycles. The number of carbonyl (C=O) groups is 1. The van der Waals surface area contributed by atoms with E-state index in [9.17, 15) is 4.79 Å². The van der Waals surface area contributed by atoms with Crippen LogP contribution in [0.15, 0.2) is 53.7 Å². The Balaban J connectivity index is 1.31. The van der Waals surface area contributed by atoms with Gasteiger partial charge in [0, 0.05) is 5.39 Å². The first kappa shape index (κ1) is 18.7. The summed E-state index contributed by atoms with van der Waals surface area (Å²) in [6.07, 6.45) is 0. The zero-order valence-corrected chi connectivity index (χ0v) is 17.4. The second-order valence-corrected chi connectivity index (χ2v) is 8.15. The number of pyridine rings is 1. The molecule has 1 aliphatic rings. The monoisotopic (exact) mass is 420 g/mol. The third kappa shape index (κ3) is 3.33. The largest absolute Gasteiger partial charge is 0.454 e. The third-order valence-corrected chi connectivity index (χ3v) is 6.11. The molecule has 1 atom stereocenters. The Bertz CT molecular complexity index is 1270. The van der Waals surface area contributed by atoms with Gasteiger partial charge in [-0.2, -0.15) is 0 Å². The highest BCUT2D eigenvalue weighted by atomic mass is 32.2. The average Bonchev–Trinajstić information content (AvgIpc) is 3.38. The van der Waals surface area contributed by atoms with E-state index < -0.39 is 0 Å². The molecule has 0 saturated carbocycles. The Morgan fingerprint density at radius 1 is 1.17 bits per heavy atom. The lowest BCUT2D eigenvalue weighted by Gasteiger charge is -2.14. The summed E-state index contributed by atoms with van der Waals surface area (Å²) in [4.78, 5) is 12.6. The maximum atomic E-state index is 12.6. The predicted octanol–water partition coefficient (Wildman–Crippen LogP) is 3.89. The first-order valence-electron chi connectivity index (χ1n) is 9.65. The lowest BCUT2D eigenvalue weighted by atomic mass is 10.1. The summed E-state index contributed by atoms with van der Waals surface area (Å²) in [7, 11) is 0. The maximum Gasteiger partial charge on any atom is 0.231 e. The summed E-state index contributed by atoms with van der Waals surface area (Å²) in [5, 5.41) is 13.5. The van der Waals surface area contributed by atoms with Gasteiger partial charge in [-0.05, 0) is 49.2 Å². The van der Waals surface area contributed by atoms with E-state index >= 15 is 0 Å². The highest BCUT2D eigenvalue weighted by molar-refractivity contribution is 7.99. The van der Waals surface area contributed by atoms with Gasteiger partial charge in [0.2, 0.25) is 12.7 Å². The molecule has 5 rings (SSSR count). The minimum Gasteiger partial charge on any atom is -0.454 e. The molecular formula is C22H20N4O3S. The van der Waals surface area contributed by atoms with E-state index in [4.69, 9.17) is 9.47 Å². The number of ether oxygens (including phenoxy) is 2. The SMILES string of the molecule is Cc1cc2nnc(SCC(=O)N[C@H](C)c3ccc4c(c3)OCO4)n2c2ccccc12. The summed E-state index contributed by atoms with van der Waals surface area (Å²) in [6.45, 7) is 4.24. The van der Waals surface area contributed by atoms with E-state index in [-0.39, 0.29) is 24.5 Å². The van der Waals surface area contributed by atoms with Crippen molar-refractivity contribution in [1.82, 2.24) is 19.9 Å². The van der Waals surface area contributed by atoms with Gasteiger partial charge in [0.25, 0.3) is 0 Å². The van der Waals surface area contributed by atoms with Crippen LogP contribution >= 0.6 is 11.8 Å². The number of hydrogen-bond donors (Lipinski definition) is 1. The number of rotatable bonds is 5. The Kier molecular flexibility index (Phi) is 4.71. The molecule has 0 bridgehead atoms. The lowest BCUT2D eigenvalue weighted by molar-refractivity contribution is -0.119. The maximum absolute atomic E-state index is 12.6. The summed E-state index contributed by atoms with van der Waals surface area (Å²) in [5.41, 5.74) is 3.93. The second-order valence-electron chi connectivity index (χ2n) is 7.21. The van der Waals surface area contributed by atoms with Gasteiger partial charge in [0.05, 0.1) is 17.3 Å². The van der Waals surface area contributed by atoms with Crippen molar-refractivity contribution in [3.05, 3.63) is 59.7 Å². The smallest absolute Gasteiger partial charge is 0.231 e. The van der Waals surface area contributed by atoms with Gasteiger partial charge < -0.3 is 14.8 Å². The van der Waals surface area contributed by atoms with Gasteiger partial charge in [-0.25, -0.2) is 0 Å². The molecule has 152 valence electrons. The average molecular weight is 420 g/mol. The number of amides is 1. The zero-order chi connectivity index (χ0) is 20.7. The summed E-state index contributed by atoms with van der Waals surface area (Å²) >= 11 is 1.38. The van der Waals surface area contributed by atoms with Crippen molar-refractivity contribution in [3.8, 4) is 11.5 Å². The topological polar surface area (TPSA) is 77.8 Å². The highest BCUT2D eigenvalue weighted by Crippen LogP contribution is 2.34. The van der Waals surface area contributed by atoms with Crippen LogP contribution in [0.4, 0.5) is 0 Å². The Morgan fingerprint density at radius 2 is 2.00 bits per heavy atom. The second kappa shape index (κ2) is 7.53. The number of benzene rings is 2. The van der Waals surface area contributed by atoms with Crippen LogP contribution < -0.4 is 14.8 Å². The van der Waals surface area contributed by atoms with Crippen LogP contribution in [0.5, 0.6) is 11.5 Å². The van der Waals surface area contributed by atoms with Crippen LogP contribution in [0.2, 0.25) is 0 Å². The number of nitrogens with one attached hydrogen (secondary N) is 1. The van der Waals surface area contributed by atoms with Crippen molar-refractivity contribution in [3.63, 3.8) is 0 Å². The molecule has 0 fully saturated rings. The molecule has 3 heterocycles. The number of fused-ring (bicyclic) bond motifs is 4. The number of thioether (sulfide) groups is 1. The van der Waals surface area contributed by atoms with E-state index in [1.54, 1.807) is 0 Å². The van der Waals surface area contributed by atoms with Crippen molar-refractivity contribution in [2.75, 3.05) is 12.5 Å². The number of aromatic nitrogens is 3. The number of para-hydroxylation sites is 1. The molecule has 0 spiro atoms. The molecule has 2 aromatic heterocycles. The molecule has 1 amide bonds. The van der Waals surface area contributed by atoms with E-state index in [1.807, 2.05) is 53.8 Å². The Morgan fingerprint density at radius 3 is 2.90 bits per heavy atom. The van der Waals surface area contributed by atoms with E-state index in [2.05, 4.69) is 28.5 Å². The van der Waals surface area contributed by atoms with Crippen LogP contribution in [-0.2, 0) is 4.79 Å². The molecule has 0 aliphatic carbocycles. The van der Waals surface area contributed by atoms with Crippen LogP contribution in [0.3, 0.4) is 0 Å². The third-order valence-electron chi connectivity index (χ3n) is 5.18. The molecule has 30 heavy (non-hydrogen) atoms. The van der Waals surface area contributed by atoms with Crippen LogP contribution in [-0.4, -0.2) is 33.1 Å². The fourth-order valence-corrected chi connectivity index (χ4v) is 4.41. The molecule has 0 radical (unpaired) electrons.